The van der Waals surface area contributed by atoms with Gasteiger partial charge in [-0.1, -0.05) is 111 Å². The standard InChI is InChI=1S/C59H86N6O13/c1-13-37(6)52(47(75-11)33-49(68)64-29-19-22-45(64)53(76-12)39(8)54(69)60-44-32-42-20-16-17-23-46(42)78-58(44)73)62(9)57(72)50(35(2)3)61-55(70)51(36(4)5)63(10)59(74)77-34-41-26-24-40(25-27-41)31-43(66)21-15-14-18-28-65-48(67)30-38(7)56(65)71/h16-17,20,23-27,35-39,44-45,47,50-53H,13-15,18-19,21-22,28-34H2,1-12H3,(H,60,69)(H,61,70)/t37-,38?,39+,44-,45-,47+,50-,51-,52-,53+/m0/s1. The van der Waals surface area contributed by atoms with Crippen molar-refractivity contribution in [3.05, 3.63) is 65.2 Å². The number of hydrogen-bond acceptors (Lipinski definition) is 13. The van der Waals surface area contributed by atoms with Gasteiger partial charge in [0.1, 0.15) is 36.3 Å². The Hall–Kier alpha value is -6.21. The third-order valence-electron chi connectivity index (χ3n) is 15.9. The van der Waals surface area contributed by atoms with Gasteiger partial charge < -0.3 is 39.4 Å². The second-order valence-corrected chi connectivity index (χ2v) is 22.3. The summed E-state index contributed by atoms with van der Waals surface area (Å²) in [5, 5.41) is 5.80. The van der Waals surface area contributed by atoms with Gasteiger partial charge in [0.15, 0.2) is 0 Å². The first kappa shape index (κ1) is 62.6. The molecule has 5 rings (SSSR count). The van der Waals surface area contributed by atoms with E-state index in [0.29, 0.717) is 62.9 Å². The molecule has 7 amide bonds. The van der Waals surface area contributed by atoms with Gasteiger partial charge in [0, 0.05) is 73.0 Å². The lowest BCUT2D eigenvalue weighted by Crippen LogP contribution is -2.60. The first-order valence-corrected chi connectivity index (χ1v) is 27.9. The maximum atomic E-state index is 14.7. The van der Waals surface area contributed by atoms with Crippen molar-refractivity contribution in [2.24, 2.45) is 29.6 Å². The van der Waals surface area contributed by atoms with Crippen molar-refractivity contribution in [2.45, 2.75) is 175 Å². The number of esters is 1. The number of carbonyl (C=O) groups is 9. The number of nitrogens with zero attached hydrogens (tertiary/aromatic N) is 4. The van der Waals surface area contributed by atoms with Crippen molar-refractivity contribution in [1.82, 2.24) is 30.2 Å². The SMILES string of the molecule is CC[C@H](C)[C@@H]([C@@H](CC(=O)N1CCC[C@H]1[C@H](OC)[C@@H](C)C(=O)N[C@H]1Cc2ccccc2OC1=O)OC)N(C)C(=O)[C@@H](NC(=O)[C@H](C(C)C)N(C)C(=O)OCc1ccc(CC(=O)CCCCCN2C(=O)CC(C)C2=O)cc1)C(C)C. The fourth-order valence-electron chi connectivity index (χ4n) is 11.2. The zero-order valence-electron chi connectivity index (χ0n) is 48.0. The number of amides is 7. The Kier molecular flexibility index (Phi) is 23.4. The number of ketones is 1. The minimum atomic E-state index is -1.01. The molecule has 2 N–H and O–H groups in total. The summed E-state index contributed by atoms with van der Waals surface area (Å²) in [4.78, 5) is 126. The molecule has 0 radical (unpaired) electrons. The number of carbonyl (C=O) groups excluding carboxylic acids is 9. The van der Waals surface area contributed by atoms with Gasteiger partial charge >= 0.3 is 12.1 Å². The van der Waals surface area contributed by atoms with Crippen LogP contribution in [0.4, 0.5) is 4.79 Å². The molecule has 19 heteroatoms. The molecule has 0 bridgehead atoms. The predicted octanol–water partition coefficient (Wildman–Crippen LogP) is 6.05. The molecule has 78 heavy (non-hydrogen) atoms. The summed E-state index contributed by atoms with van der Waals surface area (Å²) in [5.41, 5.74) is 2.31. The number of fused-ring (bicyclic) bond motifs is 1. The largest absolute Gasteiger partial charge is 0.445 e. The summed E-state index contributed by atoms with van der Waals surface area (Å²) in [5.74, 6) is -3.71. The number of ether oxygens (including phenoxy) is 4. The molecule has 0 aliphatic carbocycles. The summed E-state index contributed by atoms with van der Waals surface area (Å²) < 4.78 is 23.2. The maximum Gasteiger partial charge on any atom is 0.410 e. The lowest BCUT2D eigenvalue weighted by atomic mass is 9.89. The molecule has 430 valence electrons. The van der Waals surface area contributed by atoms with Crippen LogP contribution in [0.5, 0.6) is 5.75 Å². The predicted molar refractivity (Wildman–Crippen MR) is 291 cm³/mol. The molecule has 3 heterocycles. The van der Waals surface area contributed by atoms with Crippen molar-refractivity contribution >= 4 is 53.3 Å². The normalized spacial score (nSPS) is 20.0. The summed E-state index contributed by atoms with van der Waals surface area (Å²) in [6, 6.07) is 10.4. The van der Waals surface area contributed by atoms with Crippen LogP contribution in [0.3, 0.4) is 0 Å². The average molecular weight is 1090 g/mol. The number of rotatable bonds is 28. The number of likely N-dealkylation sites (N-methyl/N-ethyl adjacent to an activating group) is 2. The van der Waals surface area contributed by atoms with Crippen LogP contribution in [0.15, 0.2) is 48.5 Å². The number of unbranched alkanes of at least 4 members (excludes halogenated alkanes) is 2. The van der Waals surface area contributed by atoms with E-state index in [9.17, 15) is 43.2 Å². The van der Waals surface area contributed by atoms with Crippen LogP contribution in [0.25, 0.3) is 0 Å². The Bertz CT molecular complexity index is 2430. The first-order chi connectivity index (χ1) is 37.0. The highest BCUT2D eigenvalue weighted by atomic mass is 16.6. The van der Waals surface area contributed by atoms with Gasteiger partial charge in [-0.25, -0.2) is 9.59 Å². The van der Waals surface area contributed by atoms with E-state index in [1.807, 2.05) is 52.0 Å². The van der Waals surface area contributed by atoms with Gasteiger partial charge in [0.25, 0.3) is 0 Å². The third-order valence-corrected chi connectivity index (χ3v) is 15.9. The monoisotopic (exact) mass is 1090 g/mol. The number of imide groups is 1. The molecular weight excluding hydrogens is 1000 g/mol. The topological polar surface area (TPSA) is 228 Å². The van der Waals surface area contributed by atoms with Crippen LogP contribution in [0, 0.1) is 29.6 Å². The van der Waals surface area contributed by atoms with E-state index in [4.69, 9.17) is 18.9 Å². The molecule has 1 unspecified atom stereocenters. The Balaban J connectivity index is 1.15. The van der Waals surface area contributed by atoms with Crippen molar-refractivity contribution < 1.29 is 62.1 Å². The zero-order chi connectivity index (χ0) is 57.5. The highest BCUT2D eigenvalue weighted by Gasteiger charge is 2.44. The molecule has 2 fully saturated rings. The molecule has 3 aliphatic rings. The molecule has 2 aromatic rings. The van der Waals surface area contributed by atoms with Crippen LogP contribution < -0.4 is 15.4 Å². The van der Waals surface area contributed by atoms with Gasteiger partial charge in [0.2, 0.25) is 35.4 Å². The van der Waals surface area contributed by atoms with Crippen molar-refractivity contribution in [2.75, 3.05) is 41.4 Å². The number of para-hydroxylation sites is 1. The van der Waals surface area contributed by atoms with Crippen molar-refractivity contribution in [3.8, 4) is 5.75 Å². The van der Waals surface area contributed by atoms with E-state index >= 15 is 0 Å². The quantitative estimate of drug-likeness (QED) is 0.0429. The van der Waals surface area contributed by atoms with Crippen LogP contribution >= 0.6 is 0 Å². The Morgan fingerprint density at radius 2 is 1.50 bits per heavy atom. The molecule has 0 aromatic heterocycles. The summed E-state index contributed by atoms with van der Waals surface area (Å²) in [6.07, 6.45) is 2.87. The van der Waals surface area contributed by atoms with Crippen molar-refractivity contribution in [3.63, 3.8) is 0 Å². The van der Waals surface area contributed by atoms with Gasteiger partial charge in [-0.2, -0.15) is 0 Å². The minimum absolute atomic E-state index is 0.0740. The maximum absolute atomic E-state index is 14.7. The Morgan fingerprint density at radius 1 is 0.821 bits per heavy atom. The fraction of sp³-hybridized carbons (Fsp3) is 0.644. The Morgan fingerprint density at radius 3 is 2.12 bits per heavy atom. The molecule has 3 aliphatic heterocycles. The lowest BCUT2D eigenvalue weighted by Gasteiger charge is -2.41. The summed E-state index contributed by atoms with van der Waals surface area (Å²) >= 11 is 0. The number of benzene rings is 2. The second kappa shape index (κ2) is 29.1. The van der Waals surface area contributed by atoms with Crippen LogP contribution in [-0.4, -0.2) is 157 Å². The lowest BCUT2D eigenvalue weighted by molar-refractivity contribution is -0.148. The molecule has 19 nitrogen and oxygen atoms in total. The molecule has 2 saturated heterocycles. The summed E-state index contributed by atoms with van der Waals surface area (Å²) in [7, 11) is 6.15. The van der Waals surface area contributed by atoms with Gasteiger partial charge in [-0.15, -0.1) is 0 Å². The number of methoxy groups -OCH3 is 2. The number of likely N-dealkylation sites (tertiary alicyclic amines) is 2. The molecular formula is C59H86N6O13. The van der Waals surface area contributed by atoms with Crippen LogP contribution in [-0.2, 0) is 72.0 Å². The van der Waals surface area contributed by atoms with E-state index in [2.05, 4.69) is 10.6 Å². The minimum Gasteiger partial charge on any atom is -0.445 e. The smallest absolute Gasteiger partial charge is 0.410 e. The summed E-state index contributed by atoms with van der Waals surface area (Å²) in [6.45, 7) is 15.4. The highest BCUT2D eigenvalue weighted by Crippen LogP contribution is 2.31. The van der Waals surface area contributed by atoms with Gasteiger partial charge in [-0.05, 0) is 66.2 Å². The fourth-order valence-corrected chi connectivity index (χ4v) is 11.2. The Labute approximate surface area is 461 Å². The third kappa shape index (κ3) is 16.0. The van der Waals surface area contributed by atoms with Crippen LogP contribution in [0.2, 0.25) is 0 Å². The van der Waals surface area contributed by atoms with E-state index in [1.54, 1.807) is 68.8 Å². The van der Waals surface area contributed by atoms with E-state index in [1.165, 1.54) is 31.1 Å². The highest BCUT2D eigenvalue weighted by molar-refractivity contribution is 6.03. The van der Waals surface area contributed by atoms with Crippen LogP contribution in [0.1, 0.15) is 130 Å². The first-order valence-electron chi connectivity index (χ1n) is 27.9. The van der Waals surface area contributed by atoms with Gasteiger partial charge in [0.05, 0.1) is 36.6 Å². The average Bonchev–Trinajstić information content (AvgIpc) is 3.99. The molecule has 0 saturated carbocycles. The molecule has 0 spiro atoms. The van der Waals surface area contributed by atoms with Crippen molar-refractivity contribution in [1.29, 1.82) is 0 Å². The van der Waals surface area contributed by atoms with E-state index in [0.717, 1.165) is 17.5 Å². The molecule has 2 aromatic carbocycles. The molecule has 10 atom stereocenters. The van der Waals surface area contributed by atoms with Gasteiger partial charge in [-0.3, -0.25) is 43.4 Å². The van der Waals surface area contributed by atoms with E-state index < -0.39 is 72.2 Å². The number of Topliss-reactive ketones (excluding diaryl/α,β-unsaturated/α-hetero) is 1. The number of hydrogen-bond donors (Lipinski definition) is 2. The van der Waals surface area contributed by atoms with E-state index in [-0.39, 0.29) is 85.4 Å². The second-order valence-electron chi connectivity index (χ2n) is 22.3. The zero-order valence-corrected chi connectivity index (χ0v) is 48.0. The number of nitrogens with one attached hydrogen (secondary N) is 2.